The van der Waals surface area contributed by atoms with Crippen molar-refractivity contribution < 1.29 is 9.59 Å². The Balaban J connectivity index is 0.000000198. The van der Waals surface area contributed by atoms with Crippen molar-refractivity contribution >= 4 is 23.1 Å². The van der Waals surface area contributed by atoms with E-state index >= 15 is 0 Å². The van der Waals surface area contributed by atoms with Gasteiger partial charge in [0.2, 0.25) is 0 Å². The molecule has 0 saturated carbocycles. The number of carbonyl (C=O) groups excluding carboxylic acids is 2. The van der Waals surface area contributed by atoms with Gasteiger partial charge in [-0.25, -0.2) is 0 Å². The van der Waals surface area contributed by atoms with Gasteiger partial charge in [0.25, 0.3) is 11.8 Å². The van der Waals surface area contributed by atoms with Crippen LogP contribution in [0.3, 0.4) is 0 Å². The van der Waals surface area contributed by atoms with E-state index in [1.807, 2.05) is 42.5 Å². The molecule has 2 N–H and O–H groups in total. The van der Waals surface area contributed by atoms with Gasteiger partial charge < -0.3 is 5.73 Å². The van der Waals surface area contributed by atoms with Crippen molar-refractivity contribution in [2.24, 2.45) is 0 Å². The summed E-state index contributed by atoms with van der Waals surface area (Å²) < 4.78 is 0. The Morgan fingerprint density at radius 3 is 2.04 bits per heavy atom. The Morgan fingerprint density at radius 1 is 0.917 bits per heavy atom. The summed E-state index contributed by atoms with van der Waals surface area (Å²) in [6, 6.07) is 17.2. The highest BCUT2D eigenvalue weighted by Gasteiger charge is 2.29. The molecule has 0 unspecified atom stereocenters. The molecular formula is C20H22N2O2. The van der Waals surface area contributed by atoms with Crippen LogP contribution in [0.2, 0.25) is 0 Å². The molecule has 2 aromatic rings. The maximum absolute atomic E-state index is 11.8. The van der Waals surface area contributed by atoms with Gasteiger partial charge >= 0.3 is 0 Å². The van der Waals surface area contributed by atoms with Crippen LogP contribution in [-0.4, -0.2) is 23.3 Å². The van der Waals surface area contributed by atoms with Crippen LogP contribution in [0.4, 0.5) is 5.69 Å². The zero-order chi connectivity index (χ0) is 17.5. The quantitative estimate of drug-likeness (QED) is 0.696. The molecule has 0 saturated heterocycles. The Bertz CT molecular complexity index is 734. The van der Waals surface area contributed by atoms with Crippen LogP contribution >= 0.6 is 0 Å². The maximum atomic E-state index is 11.8. The lowest BCUT2D eigenvalue weighted by atomic mass is 10.1. The molecule has 124 valence electrons. The van der Waals surface area contributed by atoms with E-state index in [1.54, 1.807) is 6.92 Å². The number of likely N-dealkylation sites (N-methyl/N-ethyl adjacent to an activating group) is 1. The van der Waals surface area contributed by atoms with Crippen molar-refractivity contribution in [2.45, 2.75) is 20.3 Å². The van der Waals surface area contributed by atoms with Crippen LogP contribution in [0.1, 0.15) is 25.0 Å². The molecule has 0 spiro atoms. The molecule has 1 heterocycles. The zero-order valence-electron chi connectivity index (χ0n) is 14.0. The first kappa shape index (κ1) is 17.5. The SMILES string of the molecule is CCN1C(=O)C=C(c2ccccc2)C1=O.CCc1ccc(N)cc1. The molecule has 0 fully saturated rings. The number of rotatable bonds is 3. The Kier molecular flexibility index (Phi) is 5.90. The molecule has 0 atom stereocenters. The second kappa shape index (κ2) is 8.11. The third kappa shape index (κ3) is 4.10. The van der Waals surface area contributed by atoms with Gasteiger partial charge in [0.05, 0.1) is 5.57 Å². The number of nitrogens with zero attached hydrogens (tertiary/aromatic N) is 1. The fraction of sp³-hybridized carbons (Fsp3) is 0.200. The Morgan fingerprint density at radius 2 is 1.54 bits per heavy atom. The van der Waals surface area contributed by atoms with Crippen LogP contribution in [0.15, 0.2) is 60.7 Å². The molecule has 1 aliphatic heterocycles. The van der Waals surface area contributed by atoms with Crippen molar-refractivity contribution in [2.75, 3.05) is 12.3 Å². The molecule has 2 aromatic carbocycles. The highest BCUT2D eigenvalue weighted by atomic mass is 16.2. The Hall–Kier alpha value is -2.88. The maximum Gasteiger partial charge on any atom is 0.261 e. The third-order valence-electron chi connectivity index (χ3n) is 3.80. The minimum absolute atomic E-state index is 0.200. The summed E-state index contributed by atoms with van der Waals surface area (Å²) in [5, 5.41) is 0. The molecule has 2 amide bonds. The number of aryl methyl sites for hydroxylation is 1. The highest BCUT2D eigenvalue weighted by Crippen LogP contribution is 2.22. The summed E-state index contributed by atoms with van der Waals surface area (Å²) in [6.07, 6.45) is 2.49. The number of hydrogen-bond acceptors (Lipinski definition) is 3. The molecule has 24 heavy (non-hydrogen) atoms. The summed E-state index contributed by atoms with van der Waals surface area (Å²) in [5.41, 5.74) is 8.94. The van der Waals surface area contributed by atoms with Gasteiger partial charge in [-0.2, -0.15) is 0 Å². The van der Waals surface area contributed by atoms with E-state index in [1.165, 1.54) is 16.5 Å². The largest absolute Gasteiger partial charge is 0.399 e. The average Bonchev–Trinajstić information content (AvgIpc) is 2.91. The molecule has 4 heteroatoms. The number of hydrogen-bond donors (Lipinski definition) is 1. The number of amides is 2. The van der Waals surface area contributed by atoms with E-state index in [2.05, 4.69) is 19.1 Å². The van der Waals surface area contributed by atoms with Crippen LogP contribution < -0.4 is 5.73 Å². The number of nitrogen functional groups attached to an aromatic ring is 1. The van der Waals surface area contributed by atoms with Crippen molar-refractivity contribution in [1.29, 1.82) is 0 Å². The lowest BCUT2D eigenvalue weighted by molar-refractivity contribution is -0.136. The lowest BCUT2D eigenvalue weighted by Crippen LogP contribution is -2.30. The minimum atomic E-state index is -0.221. The molecule has 0 bridgehead atoms. The average molecular weight is 322 g/mol. The Labute approximate surface area is 142 Å². The second-order valence-electron chi connectivity index (χ2n) is 5.41. The van der Waals surface area contributed by atoms with Crippen molar-refractivity contribution in [1.82, 2.24) is 4.90 Å². The summed E-state index contributed by atoms with van der Waals surface area (Å²) >= 11 is 0. The first-order valence-corrected chi connectivity index (χ1v) is 8.04. The number of anilines is 1. The predicted molar refractivity (Wildman–Crippen MR) is 97.0 cm³/mol. The first-order chi connectivity index (χ1) is 11.6. The zero-order valence-corrected chi connectivity index (χ0v) is 14.0. The molecule has 0 radical (unpaired) electrons. The van der Waals surface area contributed by atoms with E-state index in [-0.39, 0.29) is 11.8 Å². The number of imide groups is 1. The molecule has 1 aliphatic rings. The van der Waals surface area contributed by atoms with E-state index in [0.29, 0.717) is 12.1 Å². The fourth-order valence-corrected chi connectivity index (χ4v) is 2.39. The molecule has 0 aromatic heterocycles. The van der Waals surface area contributed by atoms with Crippen molar-refractivity contribution in [3.63, 3.8) is 0 Å². The third-order valence-corrected chi connectivity index (χ3v) is 3.80. The van der Waals surface area contributed by atoms with Gasteiger partial charge in [0, 0.05) is 18.3 Å². The van der Waals surface area contributed by atoms with Crippen LogP contribution in [0.25, 0.3) is 5.57 Å². The first-order valence-electron chi connectivity index (χ1n) is 8.04. The number of carbonyl (C=O) groups is 2. The van der Waals surface area contributed by atoms with Crippen LogP contribution in [0, 0.1) is 0 Å². The van der Waals surface area contributed by atoms with Gasteiger partial charge in [-0.3, -0.25) is 14.5 Å². The van der Waals surface area contributed by atoms with Gasteiger partial charge in [0.15, 0.2) is 0 Å². The van der Waals surface area contributed by atoms with Gasteiger partial charge in [-0.15, -0.1) is 0 Å². The van der Waals surface area contributed by atoms with Gasteiger partial charge in [0.1, 0.15) is 0 Å². The molecule has 3 rings (SSSR count). The molecule has 4 nitrogen and oxygen atoms in total. The standard InChI is InChI=1S/C12H11NO2.C8H11N/c1-2-13-11(14)8-10(12(13)15)9-6-4-3-5-7-9;1-2-7-3-5-8(9)6-4-7/h3-8H,2H2,1H3;3-6H,2,9H2,1H3. The van der Waals surface area contributed by atoms with E-state index in [9.17, 15) is 9.59 Å². The smallest absolute Gasteiger partial charge is 0.261 e. The topological polar surface area (TPSA) is 63.4 Å². The number of benzene rings is 2. The van der Waals surface area contributed by atoms with E-state index in [4.69, 9.17) is 5.73 Å². The second-order valence-corrected chi connectivity index (χ2v) is 5.41. The summed E-state index contributed by atoms with van der Waals surface area (Å²) in [7, 11) is 0. The summed E-state index contributed by atoms with van der Waals surface area (Å²) in [5.74, 6) is -0.421. The summed E-state index contributed by atoms with van der Waals surface area (Å²) in [4.78, 5) is 24.5. The van der Waals surface area contributed by atoms with Crippen LogP contribution in [0.5, 0.6) is 0 Å². The summed E-state index contributed by atoms with van der Waals surface area (Å²) in [6.45, 7) is 4.34. The predicted octanol–water partition coefficient (Wildman–Crippen LogP) is 3.29. The van der Waals surface area contributed by atoms with Gasteiger partial charge in [-0.05, 0) is 36.6 Å². The molecular weight excluding hydrogens is 300 g/mol. The minimum Gasteiger partial charge on any atom is -0.399 e. The van der Waals surface area contributed by atoms with Crippen LogP contribution in [-0.2, 0) is 16.0 Å². The fourth-order valence-electron chi connectivity index (χ4n) is 2.39. The lowest BCUT2D eigenvalue weighted by Gasteiger charge is -2.10. The highest BCUT2D eigenvalue weighted by molar-refractivity contribution is 6.33. The molecule has 0 aliphatic carbocycles. The van der Waals surface area contributed by atoms with E-state index in [0.717, 1.165) is 17.7 Å². The van der Waals surface area contributed by atoms with E-state index < -0.39 is 0 Å². The van der Waals surface area contributed by atoms with Crippen molar-refractivity contribution in [3.8, 4) is 0 Å². The van der Waals surface area contributed by atoms with Gasteiger partial charge in [-0.1, -0.05) is 49.4 Å². The van der Waals surface area contributed by atoms with Crippen molar-refractivity contribution in [3.05, 3.63) is 71.8 Å². The normalized spacial score (nSPS) is 13.4. The monoisotopic (exact) mass is 322 g/mol. The number of nitrogens with two attached hydrogens (primary N) is 1.